The summed E-state index contributed by atoms with van der Waals surface area (Å²) in [6.07, 6.45) is 0. The molecule has 0 saturated heterocycles. The standard InChI is InChI=1S/C13H21NO4Si/c1-11-5-6-12(14(15)16)9-13(11)18-10-17-7-8-19(2,3)4/h5-6,9H,7-8,10H2,1-4H3. The zero-order valence-corrected chi connectivity index (χ0v) is 12.9. The molecule has 1 aromatic carbocycles. The Kier molecular flexibility index (Phi) is 5.50. The van der Waals surface area contributed by atoms with Crippen molar-refractivity contribution in [3.63, 3.8) is 0 Å². The number of non-ortho nitro benzene ring substituents is 1. The van der Waals surface area contributed by atoms with Crippen LogP contribution in [0.5, 0.6) is 5.75 Å². The highest BCUT2D eigenvalue weighted by Crippen LogP contribution is 2.24. The van der Waals surface area contributed by atoms with Crippen LogP contribution < -0.4 is 4.74 Å². The maximum atomic E-state index is 10.7. The van der Waals surface area contributed by atoms with Crippen molar-refractivity contribution < 1.29 is 14.4 Å². The van der Waals surface area contributed by atoms with Gasteiger partial charge in [-0.05, 0) is 24.6 Å². The summed E-state index contributed by atoms with van der Waals surface area (Å²) in [4.78, 5) is 10.2. The fourth-order valence-corrected chi connectivity index (χ4v) is 2.16. The van der Waals surface area contributed by atoms with Crippen LogP contribution in [0, 0.1) is 17.0 Å². The lowest BCUT2D eigenvalue weighted by Gasteiger charge is -2.15. The van der Waals surface area contributed by atoms with Crippen LogP contribution in [0.3, 0.4) is 0 Å². The molecule has 0 spiro atoms. The largest absolute Gasteiger partial charge is 0.467 e. The Bertz CT molecular complexity index is 443. The van der Waals surface area contributed by atoms with E-state index in [1.54, 1.807) is 6.07 Å². The van der Waals surface area contributed by atoms with Gasteiger partial charge in [0.25, 0.3) is 5.69 Å². The molecule has 0 aliphatic heterocycles. The first kappa shape index (κ1) is 15.7. The van der Waals surface area contributed by atoms with Gasteiger partial charge in [-0.2, -0.15) is 0 Å². The van der Waals surface area contributed by atoms with Crippen molar-refractivity contribution in [1.29, 1.82) is 0 Å². The van der Waals surface area contributed by atoms with Gasteiger partial charge in [0.05, 0.1) is 11.0 Å². The van der Waals surface area contributed by atoms with E-state index in [9.17, 15) is 10.1 Å². The van der Waals surface area contributed by atoms with Gasteiger partial charge in [0, 0.05) is 20.7 Å². The van der Waals surface area contributed by atoms with E-state index in [1.165, 1.54) is 12.1 Å². The molecule has 106 valence electrons. The highest BCUT2D eigenvalue weighted by atomic mass is 28.3. The molecule has 0 aliphatic carbocycles. The molecule has 0 aromatic heterocycles. The molecule has 6 heteroatoms. The maximum absolute atomic E-state index is 10.7. The Morgan fingerprint density at radius 3 is 2.58 bits per heavy atom. The van der Waals surface area contributed by atoms with Crippen molar-refractivity contribution in [3.05, 3.63) is 33.9 Å². The molecule has 1 aromatic rings. The third kappa shape index (κ3) is 5.85. The zero-order valence-electron chi connectivity index (χ0n) is 11.9. The summed E-state index contributed by atoms with van der Waals surface area (Å²) >= 11 is 0. The number of hydrogen-bond acceptors (Lipinski definition) is 4. The maximum Gasteiger partial charge on any atom is 0.273 e. The highest BCUT2D eigenvalue weighted by Gasteiger charge is 2.12. The van der Waals surface area contributed by atoms with Gasteiger partial charge in [-0.3, -0.25) is 10.1 Å². The van der Waals surface area contributed by atoms with Crippen molar-refractivity contribution in [3.8, 4) is 5.75 Å². The van der Waals surface area contributed by atoms with Crippen LogP contribution in [0.2, 0.25) is 25.7 Å². The van der Waals surface area contributed by atoms with Crippen molar-refractivity contribution >= 4 is 13.8 Å². The van der Waals surface area contributed by atoms with Crippen molar-refractivity contribution in [1.82, 2.24) is 0 Å². The number of nitro groups is 1. The third-order valence-corrected chi connectivity index (χ3v) is 4.38. The van der Waals surface area contributed by atoms with Crippen LogP contribution >= 0.6 is 0 Å². The van der Waals surface area contributed by atoms with E-state index < -0.39 is 13.0 Å². The summed E-state index contributed by atoms with van der Waals surface area (Å²) in [5.41, 5.74) is 0.891. The molecule has 5 nitrogen and oxygen atoms in total. The zero-order chi connectivity index (χ0) is 14.5. The predicted octanol–water partition coefficient (Wildman–Crippen LogP) is 3.59. The SMILES string of the molecule is Cc1ccc([N+](=O)[O-])cc1OCOCC[Si](C)(C)C. The van der Waals surface area contributed by atoms with Gasteiger partial charge in [0.15, 0.2) is 6.79 Å². The van der Waals surface area contributed by atoms with Crippen LogP contribution in [0.1, 0.15) is 5.56 Å². The fourth-order valence-electron chi connectivity index (χ4n) is 1.40. The number of aryl methyl sites for hydroxylation is 1. The summed E-state index contributed by atoms with van der Waals surface area (Å²) in [7, 11) is -1.09. The first-order valence-corrected chi connectivity index (χ1v) is 9.96. The van der Waals surface area contributed by atoms with E-state index in [0.717, 1.165) is 11.6 Å². The predicted molar refractivity (Wildman–Crippen MR) is 77.4 cm³/mol. The number of benzene rings is 1. The molecule has 0 saturated carbocycles. The number of rotatable bonds is 7. The molecule has 0 N–H and O–H groups in total. The topological polar surface area (TPSA) is 61.6 Å². The lowest BCUT2D eigenvalue weighted by Crippen LogP contribution is -2.22. The van der Waals surface area contributed by atoms with Gasteiger partial charge < -0.3 is 9.47 Å². The molecule has 19 heavy (non-hydrogen) atoms. The van der Waals surface area contributed by atoms with E-state index in [2.05, 4.69) is 19.6 Å². The Morgan fingerprint density at radius 1 is 1.32 bits per heavy atom. The van der Waals surface area contributed by atoms with E-state index in [1.807, 2.05) is 6.92 Å². The third-order valence-electron chi connectivity index (χ3n) is 2.68. The average molecular weight is 283 g/mol. The minimum Gasteiger partial charge on any atom is -0.467 e. The molecule has 0 unspecified atom stereocenters. The normalized spacial score (nSPS) is 11.4. The summed E-state index contributed by atoms with van der Waals surface area (Å²) in [6, 6.07) is 5.64. The highest BCUT2D eigenvalue weighted by molar-refractivity contribution is 6.76. The van der Waals surface area contributed by atoms with Crippen LogP contribution in [0.25, 0.3) is 0 Å². The smallest absolute Gasteiger partial charge is 0.273 e. The molecule has 0 bridgehead atoms. The number of hydrogen-bond donors (Lipinski definition) is 0. The van der Waals surface area contributed by atoms with Crippen molar-refractivity contribution in [2.75, 3.05) is 13.4 Å². The van der Waals surface area contributed by atoms with Gasteiger partial charge >= 0.3 is 0 Å². The van der Waals surface area contributed by atoms with Crippen LogP contribution in [0.4, 0.5) is 5.69 Å². The fraction of sp³-hybridized carbons (Fsp3) is 0.538. The summed E-state index contributed by atoms with van der Waals surface area (Å²) in [5.74, 6) is 0.502. The number of ether oxygens (including phenoxy) is 2. The second-order valence-corrected chi connectivity index (χ2v) is 11.3. The van der Waals surface area contributed by atoms with Gasteiger partial charge in [-0.1, -0.05) is 19.6 Å². The molecule has 0 radical (unpaired) electrons. The lowest BCUT2D eigenvalue weighted by molar-refractivity contribution is -0.385. The molecule has 0 fully saturated rings. The first-order valence-electron chi connectivity index (χ1n) is 6.25. The van der Waals surface area contributed by atoms with E-state index in [0.29, 0.717) is 12.4 Å². The molecule has 1 rings (SSSR count). The Morgan fingerprint density at radius 2 is 2.00 bits per heavy atom. The average Bonchev–Trinajstić information content (AvgIpc) is 2.29. The molecule has 0 aliphatic rings. The quantitative estimate of drug-likeness (QED) is 0.252. The minimum atomic E-state index is -1.09. The number of nitro benzene ring substituents is 1. The van der Waals surface area contributed by atoms with Gasteiger partial charge in [-0.25, -0.2) is 0 Å². The summed E-state index contributed by atoms with van der Waals surface area (Å²) < 4.78 is 10.8. The molecular weight excluding hydrogens is 262 g/mol. The van der Waals surface area contributed by atoms with E-state index >= 15 is 0 Å². The first-order chi connectivity index (χ1) is 8.79. The van der Waals surface area contributed by atoms with Gasteiger partial charge in [-0.15, -0.1) is 0 Å². The second kappa shape index (κ2) is 6.67. The second-order valence-electron chi connectivity index (χ2n) is 5.69. The summed E-state index contributed by atoms with van der Waals surface area (Å²) in [5, 5.41) is 10.7. The molecule has 0 amide bonds. The Balaban J connectivity index is 2.45. The van der Waals surface area contributed by atoms with Crippen molar-refractivity contribution in [2.45, 2.75) is 32.6 Å². The van der Waals surface area contributed by atoms with Gasteiger partial charge in [0.1, 0.15) is 5.75 Å². The van der Waals surface area contributed by atoms with Crippen molar-refractivity contribution in [2.24, 2.45) is 0 Å². The molecule has 0 heterocycles. The van der Waals surface area contributed by atoms with Crippen LogP contribution in [-0.2, 0) is 4.74 Å². The van der Waals surface area contributed by atoms with Crippen LogP contribution in [-0.4, -0.2) is 26.4 Å². The molecule has 0 atom stereocenters. The van der Waals surface area contributed by atoms with E-state index in [4.69, 9.17) is 9.47 Å². The Hall–Kier alpha value is -1.40. The van der Waals surface area contributed by atoms with Crippen LogP contribution in [0.15, 0.2) is 18.2 Å². The summed E-state index contributed by atoms with van der Waals surface area (Å²) in [6.45, 7) is 9.49. The molecular formula is C13H21NO4Si. The van der Waals surface area contributed by atoms with Gasteiger partial charge in [0.2, 0.25) is 0 Å². The van der Waals surface area contributed by atoms with E-state index in [-0.39, 0.29) is 12.5 Å². The minimum absolute atomic E-state index is 0.0303. The number of nitrogens with zero attached hydrogens (tertiary/aromatic N) is 1. The Labute approximate surface area is 114 Å². The monoisotopic (exact) mass is 283 g/mol. The lowest BCUT2D eigenvalue weighted by atomic mass is 10.2.